The van der Waals surface area contributed by atoms with Gasteiger partial charge in [-0.15, -0.1) is 46.7 Å². The summed E-state index contributed by atoms with van der Waals surface area (Å²) in [6, 6.07) is 0. The molecule has 0 spiro atoms. The number of likely N-dealkylation sites (tertiary alicyclic amines) is 2. The Morgan fingerprint density at radius 2 is 1.37 bits per heavy atom. The van der Waals surface area contributed by atoms with E-state index in [0.717, 1.165) is 9.75 Å². The lowest BCUT2D eigenvalue weighted by Gasteiger charge is -2.39. The van der Waals surface area contributed by atoms with E-state index in [-0.39, 0.29) is 36.8 Å². The molecule has 2 aromatic heterocycles. The molecule has 2 fully saturated rings. The van der Waals surface area contributed by atoms with E-state index in [9.17, 15) is 9.59 Å². The second-order valence-electron chi connectivity index (χ2n) is 10.4. The normalized spacial score (nSPS) is 15.5. The summed E-state index contributed by atoms with van der Waals surface area (Å²) in [6.45, 7) is 13.6. The Bertz CT molecular complexity index is 940. The van der Waals surface area contributed by atoms with Gasteiger partial charge in [-0.3, -0.25) is 9.97 Å². The van der Waals surface area contributed by atoms with Gasteiger partial charge in [0.05, 0.1) is 66.8 Å². The number of hydrogen-bond acceptors (Lipinski definition) is 10. The Morgan fingerprint density at radius 3 is 1.71 bits per heavy atom. The van der Waals surface area contributed by atoms with Crippen molar-refractivity contribution in [1.82, 2.24) is 19.8 Å². The van der Waals surface area contributed by atoms with E-state index in [1.165, 1.54) is 4.90 Å². The molecule has 0 atom stereocenters. The van der Waals surface area contributed by atoms with Gasteiger partial charge in [0.2, 0.25) is 0 Å². The van der Waals surface area contributed by atoms with Crippen molar-refractivity contribution in [1.29, 1.82) is 0 Å². The molecule has 0 radical (unpaired) electrons. The van der Waals surface area contributed by atoms with Gasteiger partial charge in [-0.2, -0.15) is 0 Å². The first-order chi connectivity index (χ1) is 17.3. The van der Waals surface area contributed by atoms with Crippen molar-refractivity contribution in [3.63, 3.8) is 0 Å². The SMILES string of the molecule is CC(C)(C)OC(=O)N1CC(O)C1.CC(C)(C)OC(=O)N1CC(OCc2cncs2)C1.Cl.ClCc1cncs1. The fraction of sp³-hybridized carbons (Fsp3) is 0.667. The van der Waals surface area contributed by atoms with Gasteiger partial charge < -0.3 is 29.1 Å². The number of hydrogen-bond donors (Lipinski definition) is 1. The Hall–Kier alpha value is -1.70. The maximum absolute atomic E-state index is 11.7. The first-order valence-electron chi connectivity index (χ1n) is 11.8. The first kappa shape index (κ1) is 34.3. The van der Waals surface area contributed by atoms with Gasteiger partial charge in [0.1, 0.15) is 11.2 Å². The Balaban J connectivity index is 0.000000311. The third kappa shape index (κ3) is 13.4. The van der Waals surface area contributed by atoms with Crippen molar-refractivity contribution in [2.45, 2.75) is 77.4 Å². The Labute approximate surface area is 243 Å². The topological polar surface area (TPSA) is 114 Å². The molecule has 0 aliphatic carbocycles. The molecule has 216 valence electrons. The van der Waals surface area contributed by atoms with Crippen molar-refractivity contribution in [2.75, 3.05) is 26.2 Å². The highest BCUT2D eigenvalue weighted by atomic mass is 35.5. The second-order valence-corrected chi connectivity index (χ2v) is 12.6. The summed E-state index contributed by atoms with van der Waals surface area (Å²) < 4.78 is 16.0. The summed E-state index contributed by atoms with van der Waals surface area (Å²) in [7, 11) is 0. The van der Waals surface area contributed by atoms with Gasteiger partial charge in [0.15, 0.2) is 0 Å². The summed E-state index contributed by atoms with van der Waals surface area (Å²) in [4.78, 5) is 36.0. The molecule has 4 heterocycles. The van der Waals surface area contributed by atoms with Crippen LogP contribution in [0.15, 0.2) is 23.4 Å². The number of alkyl halides is 1. The van der Waals surface area contributed by atoms with Crippen molar-refractivity contribution in [2.24, 2.45) is 0 Å². The summed E-state index contributed by atoms with van der Waals surface area (Å²) in [5, 5.41) is 8.92. The highest BCUT2D eigenvalue weighted by Gasteiger charge is 2.34. The van der Waals surface area contributed by atoms with E-state index >= 15 is 0 Å². The van der Waals surface area contributed by atoms with Crippen LogP contribution in [0.1, 0.15) is 51.3 Å². The van der Waals surface area contributed by atoms with Crippen LogP contribution in [0.4, 0.5) is 9.59 Å². The minimum Gasteiger partial charge on any atom is -0.444 e. The molecule has 14 heteroatoms. The number of amides is 2. The quantitative estimate of drug-likeness (QED) is 0.470. The van der Waals surface area contributed by atoms with Crippen molar-refractivity contribution >= 4 is 58.9 Å². The monoisotopic (exact) mass is 612 g/mol. The largest absolute Gasteiger partial charge is 0.444 e. The molecular formula is C24H38Cl2N4O6S2. The van der Waals surface area contributed by atoms with E-state index in [1.54, 1.807) is 51.0 Å². The van der Waals surface area contributed by atoms with E-state index in [4.69, 9.17) is 30.9 Å². The maximum atomic E-state index is 11.7. The lowest BCUT2D eigenvalue weighted by atomic mass is 10.2. The van der Waals surface area contributed by atoms with Crippen LogP contribution in [-0.2, 0) is 26.7 Å². The number of halogens is 2. The van der Waals surface area contributed by atoms with Crippen LogP contribution in [0.2, 0.25) is 0 Å². The molecule has 2 aliphatic rings. The van der Waals surface area contributed by atoms with Crippen molar-refractivity contribution in [3.05, 3.63) is 33.2 Å². The molecule has 2 saturated heterocycles. The molecule has 4 rings (SSSR count). The van der Waals surface area contributed by atoms with Gasteiger partial charge in [0.25, 0.3) is 0 Å². The number of aliphatic hydroxyl groups excluding tert-OH is 1. The number of nitrogens with zero attached hydrogens (tertiary/aromatic N) is 4. The standard InChI is InChI=1S/C12H18N2O3S.C8H15NO3.C4H4ClNS.ClH/c1-12(2,3)17-11(15)14-5-9(6-14)16-7-10-4-13-8-18-10;1-8(2,3)12-7(11)9-4-6(10)5-9;5-1-4-2-6-3-7-4;/h4,8-9H,5-7H2,1-3H3;6,10H,4-5H2,1-3H3;2-3H,1H2;1H. The molecule has 10 nitrogen and oxygen atoms in total. The van der Waals surface area contributed by atoms with Crippen LogP contribution in [0.3, 0.4) is 0 Å². The zero-order valence-corrected chi connectivity index (χ0v) is 25.8. The Kier molecular flexibility index (Phi) is 14.3. The third-order valence-electron chi connectivity index (χ3n) is 4.57. The molecule has 2 aliphatic heterocycles. The van der Waals surface area contributed by atoms with E-state index in [0.29, 0.717) is 38.7 Å². The molecule has 0 bridgehead atoms. The number of carbonyl (C=O) groups is 2. The lowest BCUT2D eigenvalue weighted by molar-refractivity contribution is -0.0685. The van der Waals surface area contributed by atoms with Gasteiger partial charge in [-0.05, 0) is 41.5 Å². The summed E-state index contributed by atoms with van der Waals surface area (Å²) in [6.07, 6.45) is 2.72. The van der Waals surface area contributed by atoms with Crippen LogP contribution in [0, 0.1) is 0 Å². The second kappa shape index (κ2) is 15.8. The molecule has 0 aromatic carbocycles. The number of aromatic nitrogens is 2. The minimum atomic E-state index is -0.447. The molecule has 38 heavy (non-hydrogen) atoms. The zero-order chi connectivity index (χ0) is 27.6. The average Bonchev–Trinajstić information content (AvgIpc) is 3.42. The molecule has 2 amide bonds. The van der Waals surface area contributed by atoms with E-state index in [2.05, 4.69) is 9.97 Å². The molecular weight excluding hydrogens is 575 g/mol. The highest BCUT2D eigenvalue weighted by Crippen LogP contribution is 2.19. The number of rotatable bonds is 4. The number of thiazole rings is 2. The van der Waals surface area contributed by atoms with Gasteiger partial charge in [-0.1, -0.05) is 0 Å². The zero-order valence-electron chi connectivity index (χ0n) is 22.6. The fourth-order valence-corrected chi connectivity index (χ4v) is 3.99. The summed E-state index contributed by atoms with van der Waals surface area (Å²) in [5.74, 6) is 0.588. The number of β-amino-alcohol motifs (C(OH)–C–C–N with tert-alkyl or cyclic N) is 1. The third-order valence-corrected chi connectivity index (χ3v) is 6.55. The lowest BCUT2D eigenvalue weighted by Crippen LogP contribution is -2.55. The molecule has 0 unspecified atom stereocenters. The van der Waals surface area contributed by atoms with Crippen molar-refractivity contribution < 1.29 is 28.9 Å². The highest BCUT2D eigenvalue weighted by molar-refractivity contribution is 7.09. The minimum absolute atomic E-state index is 0. The van der Waals surface area contributed by atoms with Gasteiger partial charge in [-0.25, -0.2) is 9.59 Å². The van der Waals surface area contributed by atoms with Gasteiger partial charge in [0, 0.05) is 17.3 Å². The molecule has 1 N–H and O–H groups in total. The Morgan fingerprint density at radius 1 is 0.921 bits per heavy atom. The summed E-state index contributed by atoms with van der Waals surface area (Å²) >= 11 is 8.59. The predicted molar refractivity (Wildman–Crippen MR) is 151 cm³/mol. The number of ether oxygens (including phenoxy) is 3. The van der Waals surface area contributed by atoms with Gasteiger partial charge >= 0.3 is 12.2 Å². The predicted octanol–water partition coefficient (Wildman–Crippen LogP) is 5.18. The molecule has 0 saturated carbocycles. The van der Waals surface area contributed by atoms with Crippen LogP contribution in [0.5, 0.6) is 0 Å². The maximum Gasteiger partial charge on any atom is 0.410 e. The van der Waals surface area contributed by atoms with E-state index < -0.39 is 11.2 Å². The average molecular weight is 614 g/mol. The van der Waals surface area contributed by atoms with Crippen LogP contribution in [-0.4, -0.2) is 86.6 Å². The number of carbonyl (C=O) groups excluding carboxylic acids is 2. The number of aliphatic hydroxyl groups is 1. The smallest absolute Gasteiger partial charge is 0.410 e. The molecule has 2 aromatic rings. The van der Waals surface area contributed by atoms with Crippen LogP contribution in [0.25, 0.3) is 0 Å². The van der Waals surface area contributed by atoms with Crippen LogP contribution < -0.4 is 0 Å². The van der Waals surface area contributed by atoms with E-state index in [1.807, 2.05) is 41.5 Å². The van der Waals surface area contributed by atoms with Crippen LogP contribution >= 0.6 is 46.7 Å². The van der Waals surface area contributed by atoms with Crippen molar-refractivity contribution in [3.8, 4) is 0 Å². The summed E-state index contributed by atoms with van der Waals surface area (Å²) in [5.41, 5.74) is 2.67. The fourth-order valence-electron chi connectivity index (χ4n) is 2.77. The first-order valence-corrected chi connectivity index (χ1v) is 14.1.